The average molecular weight is 234 g/mol. The summed E-state index contributed by atoms with van der Waals surface area (Å²) in [5.41, 5.74) is -0.259. The molecule has 16 heavy (non-hydrogen) atoms. The zero-order chi connectivity index (χ0) is 11.4. The molecule has 0 spiro atoms. The van der Waals surface area contributed by atoms with Crippen molar-refractivity contribution in [3.63, 3.8) is 0 Å². The van der Waals surface area contributed by atoms with E-state index in [1.807, 2.05) is 0 Å². The van der Waals surface area contributed by atoms with E-state index in [0.717, 1.165) is 25.3 Å². The standard InChI is InChI=1S/C13H18N2S/c1-2-11-5-6-13(8-11,10-14)15-9-12-4-3-7-16-12/h3-4,7,11,15H,2,5-6,8-9H2,1H3. The first-order valence-electron chi connectivity index (χ1n) is 5.96. The van der Waals surface area contributed by atoms with Crippen LogP contribution in [0.25, 0.3) is 0 Å². The van der Waals surface area contributed by atoms with Gasteiger partial charge in [0.05, 0.1) is 6.07 Å². The van der Waals surface area contributed by atoms with Gasteiger partial charge in [-0.15, -0.1) is 11.3 Å². The van der Waals surface area contributed by atoms with E-state index in [1.165, 1.54) is 17.7 Å². The van der Waals surface area contributed by atoms with Crippen LogP contribution in [0.2, 0.25) is 0 Å². The van der Waals surface area contributed by atoms with E-state index in [1.54, 1.807) is 11.3 Å². The zero-order valence-electron chi connectivity index (χ0n) is 9.70. The van der Waals surface area contributed by atoms with Crippen molar-refractivity contribution in [3.05, 3.63) is 22.4 Å². The lowest BCUT2D eigenvalue weighted by molar-refractivity contribution is 0.399. The first-order valence-corrected chi connectivity index (χ1v) is 6.84. The van der Waals surface area contributed by atoms with Crippen molar-refractivity contribution in [2.24, 2.45) is 5.92 Å². The number of thiophene rings is 1. The van der Waals surface area contributed by atoms with Gasteiger partial charge in [-0.05, 0) is 36.6 Å². The Bertz CT molecular complexity index is 366. The summed E-state index contributed by atoms with van der Waals surface area (Å²) in [6.45, 7) is 3.05. The van der Waals surface area contributed by atoms with Crippen LogP contribution in [0, 0.1) is 17.2 Å². The Hall–Kier alpha value is -0.850. The maximum Gasteiger partial charge on any atom is 0.107 e. The fraction of sp³-hybridized carbons (Fsp3) is 0.615. The zero-order valence-corrected chi connectivity index (χ0v) is 10.5. The molecule has 86 valence electrons. The van der Waals surface area contributed by atoms with Crippen LogP contribution in [0.5, 0.6) is 0 Å². The molecule has 3 heteroatoms. The molecule has 1 aromatic rings. The topological polar surface area (TPSA) is 35.8 Å². The van der Waals surface area contributed by atoms with Crippen LogP contribution in [0.15, 0.2) is 17.5 Å². The number of hydrogen-bond donors (Lipinski definition) is 1. The molecular formula is C13H18N2S. The molecule has 2 nitrogen and oxygen atoms in total. The second kappa shape index (κ2) is 4.99. The molecule has 1 aromatic heterocycles. The summed E-state index contributed by atoms with van der Waals surface area (Å²) >= 11 is 1.75. The first-order chi connectivity index (χ1) is 7.78. The van der Waals surface area contributed by atoms with Gasteiger partial charge in [-0.3, -0.25) is 5.32 Å². The Morgan fingerprint density at radius 1 is 1.69 bits per heavy atom. The monoisotopic (exact) mass is 234 g/mol. The molecule has 1 aliphatic rings. The van der Waals surface area contributed by atoms with Gasteiger partial charge in [0.15, 0.2) is 0 Å². The summed E-state index contributed by atoms with van der Waals surface area (Å²) < 4.78 is 0. The highest BCUT2D eigenvalue weighted by Crippen LogP contribution is 2.36. The summed E-state index contributed by atoms with van der Waals surface area (Å²) in [5, 5.41) is 14.9. The van der Waals surface area contributed by atoms with E-state index in [0.29, 0.717) is 0 Å². The lowest BCUT2D eigenvalue weighted by atomic mass is 9.96. The van der Waals surface area contributed by atoms with Crippen molar-refractivity contribution in [2.75, 3.05) is 0 Å². The van der Waals surface area contributed by atoms with Gasteiger partial charge in [-0.2, -0.15) is 5.26 Å². The number of nitriles is 1. The highest BCUT2D eigenvalue weighted by molar-refractivity contribution is 7.09. The van der Waals surface area contributed by atoms with E-state index in [9.17, 15) is 5.26 Å². The van der Waals surface area contributed by atoms with Crippen LogP contribution < -0.4 is 5.32 Å². The Morgan fingerprint density at radius 3 is 3.12 bits per heavy atom. The molecular weight excluding hydrogens is 216 g/mol. The van der Waals surface area contributed by atoms with E-state index >= 15 is 0 Å². The summed E-state index contributed by atoms with van der Waals surface area (Å²) in [6, 6.07) is 6.68. The summed E-state index contributed by atoms with van der Waals surface area (Å²) in [5.74, 6) is 0.732. The smallest absolute Gasteiger partial charge is 0.107 e. The number of rotatable bonds is 4. The Labute approximate surface area is 101 Å². The van der Waals surface area contributed by atoms with Crippen LogP contribution in [0.1, 0.15) is 37.5 Å². The van der Waals surface area contributed by atoms with Gasteiger partial charge in [-0.1, -0.05) is 19.4 Å². The minimum absolute atomic E-state index is 0.259. The number of nitrogens with zero attached hydrogens (tertiary/aromatic N) is 1. The minimum Gasteiger partial charge on any atom is -0.294 e. The third-order valence-corrected chi connectivity index (χ3v) is 4.47. The molecule has 1 N–H and O–H groups in total. The van der Waals surface area contributed by atoms with Crippen molar-refractivity contribution < 1.29 is 0 Å². The minimum atomic E-state index is -0.259. The van der Waals surface area contributed by atoms with Gasteiger partial charge in [-0.25, -0.2) is 0 Å². The molecule has 0 saturated heterocycles. The van der Waals surface area contributed by atoms with Crippen LogP contribution in [-0.2, 0) is 6.54 Å². The molecule has 1 aliphatic carbocycles. The van der Waals surface area contributed by atoms with Crippen molar-refractivity contribution >= 4 is 11.3 Å². The molecule has 0 amide bonds. The van der Waals surface area contributed by atoms with Gasteiger partial charge in [0.25, 0.3) is 0 Å². The van der Waals surface area contributed by atoms with Gasteiger partial charge in [0, 0.05) is 11.4 Å². The number of hydrogen-bond acceptors (Lipinski definition) is 3. The Morgan fingerprint density at radius 2 is 2.56 bits per heavy atom. The maximum absolute atomic E-state index is 9.35. The van der Waals surface area contributed by atoms with Gasteiger partial charge in [0.1, 0.15) is 5.54 Å². The Kier molecular flexibility index (Phi) is 3.63. The van der Waals surface area contributed by atoms with Crippen molar-refractivity contribution in [3.8, 4) is 6.07 Å². The molecule has 0 aliphatic heterocycles. The molecule has 2 rings (SSSR count). The summed E-state index contributed by atoms with van der Waals surface area (Å²) in [6.07, 6.45) is 4.42. The molecule has 1 fully saturated rings. The SMILES string of the molecule is CCC1CCC(C#N)(NCc2cccs2)C1. The summed E-state index contributed by atoms with van der Waals surface area (Å²) in [7, 11) is 0. The summed E-state index contributed by atoms with van der Waals surface area (Å²) in [4.78, 5) is 1.31. The fourth-order valence-electron chi connectivity index (χ4n) is 2.47. The van der Waals surface area contributed by atoms with E-state index in [4.69, 9.17) is 0 Å². The van der Waals surface area contributed by atoms with Crippen LogP contribution in [0.4, 0.5) is 0 Å². The largest absolute Gasteiger partial charge is 0.294 e. The fourth-order valence-corrected chi connectivity index (χ4v) is 3.11. The quantitative estimate of drug-likeness (QED) is 0.867. The van der Waals surface area contributed by atoms with Crippen LogP contribution >= 0.6 is 11.3 Å². The van der Waals surface area contributed by atoms with Gasteiger partial charge < -0.3 is 0 Å². The normalized spacial score (nSPS) is 29.1. The van der Waals surface area contributed by atoms with Crippen molar-refractivity contribution in [1.29, 1.82) is 5.26 Å². The third kappa shape index (κ3) is 2.45. The highest BCUT2D eigenvalue weighted by Gasteiger charge is 2.38. The van der Waals surface area contributed by atoms with Crippen molar-refractivity contribution in [1.82, 2.24) is 5.32 Å². The van der Waals surface area contributed by atoms with E-state index in [2.05, 4.69) is 35.8 Å². The predicted molar refractivity (Wildman–Crippen MR) is 67.1 cm³/mol. The Balaban J connectivity index is 1.94. The molecule has 2 atom stereocenters. The predicted octanol–water partition coefficient (Wildman–Crippen LogP) is 3.31. The maximum atomic E-state index is 9.35. The molecule has 2 unspecified atom stereocenters. The molecule has 0 aromatic carbocycles. The van der Waals surface area contributed by atoms with Crippen LogP contribution in [0.3, 0.4) is 0 Å². The lowest BCUT2D eigenvalue weighted by Crippen LogP contribution is -2.40. The average Bonchev–Trinajstić information content (AvgIpc) is 2.96. The van der Waals surface area contributed by atoms with Crippen LogP contribution in [-0.4, -0.2) is 5.54 Å². The van der Waals surface area contributed by atoms with E-state index < -0.39 is 0 Å². The first kappa shape index (κ1) is 11.6. The third-order valence-electron chi connectivity index (χ3n) is 3.59. The molecule has 1 heterocycles. The van der Waals surface area contributed by atoms with Gasteiger partial charge >= 0.3 is 0 Å². The second-order valence-electron chi connectivity index (χ2n) is 4.64. The highest BCUT2D eigenvalue weighted by atomic mass is 32.1. The second-order valence-corrected chi connectivity index (χ2v) is 5.68. The lowest BCUT2D eigenvalue weighted by Gasteiger charge is -2.22. The number of nitrogens with one attached hydrogen (secondary N) is 1. The molecule has 0 radical (unpaired) electrons. The van der Waals surface area contributed by atoms with Crippen molar-refractivity contribution in [2.45, 2.75) is 44.7 Å². The van der Waals surface area contributed by atoms with E-state index in [-0.39, 0.29) is 5.54 Å². The molecule has 0 bridgehead atoms. The molecule has 1 saturated carbocycles. The van der Waals surface area contributed by atoms with Gasteiger partial charge in [0.2, 0.25) is 0 Å².